The van der Waals surface area contributed by atoms with Gasteiger partial charge in [0.25, 0.3) is 5.91 Å². The van der Waals surface area contributed by atoms with Crippen molar-refractivity contribution in [1.82, 2.24) is 5.32 Å². The van der Waals surface area contributed by atoms with Crippen LogP contribution in [0.15, 0.2) is 17.5 Å². The molecule has 1 amide bonds. The van der Waals surface area contributed by atoms with Crippen molar-refractivity contribution in [2.75, 3.05) is 21.3 Å². The minimum Gasteiger partial charge on any atom is -0.493 e. The highest BCUT2D eigenvalue weighted by atomic mass is 32.1. The summed E-state index contributed by atoms with van der Waals surface area (Å²) in [5.74, 6) is 2.38. The Morgan fingerprint density at radius 3 is 2.44 bits per heavy atom. The van der Waals surface area contributed by atoms with Crippen LogP contribution in [0.3, 0.4) is 0 Å². The number of carbonyl (C=O) groups is 1. The normalized spacial score (nSPS) is 17.0. The van der Waals surface area contributed by atoms with E-state index in [-0.39, 0.29) is 11.9 Å². The number of carbonyl (C=O) groups excluding carboxylic acids is 1. The number of benzene rings is 1. The van der Waals surface area contributed by atoms with E-state index in [0.717, 1.165) is 30.4 Å². The highest BCUT2D eigenvalue weighted by molar-refractivity contribution is 7.10. The van der Waals surface area contributed by atoms with Crippen LogP contribution < -0.4 is 19.5 Å². The minimum absolute atomic E-state index is 0.0247. The van der Waals surface area contributed by atoms with Gasteiger partial charge in [0.15, 0.2) is 11.5 Å². The number of nitrogens with one attached hydrogen (secondary N) is 1. The minimum atomic E-state index is -0.190. The van der Waals surface area contributed by atoms with E-state index in [2.05, 4.69) is 12.2 Å². The Kier molecular flexibility index (Phi) is 5.95. The van der Waals surface area contributed by atoms with Crippen LogP contribution in [0.5, 0.6) is 17.2 Å². The lowest BCUT2D eigenvalue weighted by Gasteiger charge is -2.21. The van der Waals surface area contributed by atoms with E-state index in [0.29, 0.717) is 23.2 Å². The Hall–Kier alpha value is -2.21. The largest absolute Gasteiger partial charge is 0.493 e. The molecule has 0 fully saturated rings. The lowest BCUT2D eigenvalue weighted by atomic mass is 9.88. The van der Waals surface area contributed by atoms with Crippen LogP contribution in [0, 0.1) is 5.92 Å². The average Bonchev–Trinajstić information content (AvgIpc) is 3.09. The predicted octanol–water partition coefficient (Wildman–Crippen LogP) is 4.39. The van der Waals surface area contributed by atoms with E-state index in [1.165, 1.54) is 10.4 Å². The van der Waals surface area contributed by atoms with Gasteiger partial charge in [0.05, 0.1) is 32.9 Å². The third-order valence-electron chi connectivity index (χ3n) is 5.18. The molecule has 1 heterocycles. The van der Waals surface area contributed by atoms with Crippen molar-refractivity contribution < 1.29 is 19.0 Å². The van der Waals surface area contributed by atoms with Crippen LogP contribution in [0.4, 0.5) is 0 Å². The molecule has 146 valence electrons. The van der Waals surface area contributed by atoms with Crippen molar-refractivity contribution in [3.8, 4) is 17.2 Å². The molecule has 1 aliphatic carbocycles. The van der Waals surface area contributed by atoms with E-state index in [1.54, 1.807) is 32.7 Å². The zero-order valence-corrected chi connectivity index (χ0v) is 17.4. The zero-order valence-electron chi connectivity index (χ0n) is 16.5. The summed E-state index contributed by atoms with van der Waals surface area (Å²) < 4.78 is 16.2. The van der Waals surface area contributed by atoms with Gasteiger partial charge in [-0.2, -0.15) is 0 Å². The molecule has 2 aromatic rings. The molecule has 1 aliphatic rings. The first-order valence-corrected chi connectivity index (χ1v) is 10.1. The van der Waals surface area contributed by atoms with E-state index < -0.39 is 0 Å². The average molecular weight is 390 g/mol. The molecule has 1 N–H and O–H groups in total. The van der Waals surface area contributed by atoms with Crippen molar-refractivity contribution in [3.05, 3.63) is 39.1 Å². The van der Waals surface area contributed by atoms with Gasteiger partial charge in [0.2, 0.25) is 5.75 Å². The first-order valence-electron chi connectivity index (χ1n) is 9.18. The quantitative estimate of drug-likeness (QED) is 0.796. The molecule has 2 atom stereocenters. The maximum absolute atomic E-state index is 12.9. The number of rotatable bonds is 6. The van der Waals surface area contributed by atoms with Gasteiger partial charge in [-0.3, -0.25) is 4.79 Å². The molecule has 6 heteroatoms. The van der Waals surface area contributed by atoms with E-state index in [1.807, 2.05) is 24.4 Å². The third kappa shape index (κ3) is 3.90. The summed E-state index contributed by atoms with van der Waals surface area (Å²) in [5, 5.41) is 5.12. The molecular weight excluding hydrogens is 362 g/mol. The molecule has 0 saturated heterocycles. The van der Waals surface area contributed by atoms with Crippen LogP contribution in [0.2, 0.25) is 0 Å². The molecule has 27 heavy (non-hydrogen) atoms. The Morgan fingerprint density at radius 2 is 1.85 bits per heavy atom. The maximum atomic E-state index is 12.9. The zero-order chi connectivity index (χ0) is 19.6. The van der Waals surface area contributed by atoms with E-state index in [4.69, 9.17) is 14.2 Å². The second-order valence-electron chi connectivity index (χ2n) is 7.05. The predicted molar refractivity (Wildman–Crippen MR) is 107 cm³/mol. The summed E-state index contributed by atoms with van der Waals surface area (Å²) in [6, 6.07) is 3.55. The van der Waals surface area contributed by atoms with Crippen molar-refractivity contribution in [2.45, 2.75) is 39.2 Å². The van der Waals surface area contributed by atoms with Crippen LogP contribution in [0.1, 0.15) is 52.7 Å². The fourth-order valence-corrected chi connectivity index (χ4v) is 4.82. The number of fused-ring (bicyclic) bond motifs is 1. The lowest BCUT2D eigenvalue weighted by molar-refractivity contribution is 0.0939. The van der Waals surface area contributed by atoms with Crippen LogP contribution in [-0.2, 0) is 12.8 Å². The van der Waals surface area contributed by atoms with E-state index in [9.17, 15) is 4.79 Å². The summed E-state index contributed by atoms with van der Waals surface area (Å²) in [5.41, 5.74) is 2.95. The Morgan fingerprint density at radius 1 is 1.19 bits per heavy atom. The monoisotopic (exact) mass is 389 g/mol. The number of ether oxygens (including phenoxy) is 3. The van der Waals surface area contributed by atoms with Gasteiger partial charge in [0, 0.05) is 10.3 Å². The summed E-state index contributed by atoms with van der Waals surface area (Å²) in [7, 11) is 4.75. The standard InChI is InChI=1S/C21H27NO4S/c1-12-6-7-15-16(11-27-19(15)8-12)21(23)22-13(2)14-9-17(24-3)20(26-5)18(10-14)25-4/h9-13H,6-8H2,1-5H3,(H,22,23). The molecule has 1 aromatic heterocycles. The van der Waals surface area contributed by atoms with Gasteiger partial charge < -0.3 is 19.5 Å². The van der Waals surface area contributed by atoms with Gasteiger partial charge >= 0.3 is 0 Å². The van der Waals surface area contributed by atoms with Crippen LogP contribution >= 0.6 is 11.3 Å². The molecule has 1 aromatic carbocycles. The molecule has 0 bridgehead atoms. The number of thiophene rings is 1. The highest BCUT2D eigenvalue weighted by Gasteiger charge is 2.24. The smallest absolute Gasteiger partial charge is 0.252 e. The Bertz CT molecular complexity index is 805. The van der Waals surface area contributed by atoms with Crippen molar-refractivity contribution in [2.24, 2.45) is 5.92 Å². The number of hydrogen-bond acceptors (Lipinski definition) is 5. The topological polar surface area (TPSA) is 56.8 Å². The fourth-order valence-electron chi connectivity index (χ4n) is 3.58. The SMILES string of the molecule is COc1cc(C(C)NC(=O)c2csc3c2CCC(C)C3)cc(OC)c1OC. The molecule has 0 aliphatic heterocycles. The molecule has 3 rings (SSSR count). The Labute approximate surface area is 164 Å². The van der Waals surface area contributed by atoms with Crippen LogP contribution in [0.25, 0.3) is 0 Å². The molecular formula is C21H27NO4S. The summed E-state index contributed by atoms with van der Waals surface area (Å²) in [4.78, 5) is 14.2. The van der Waals surface area contributed by atoms with Crippen molar-refractivity contribution in [3.63, 3.8) is 0 Å². The molecule has 0 spiro atoms. The fraction of sp³-hybridized carbons (Fsp3) is 0.476. The van der Waals surface area contributed by atoms with Gasteiger partial charge in [-0.15, -0.1) is 11.3 Å². The second kappa shape index (κ2) is 8.21. The first kappa shape index (κ1) is 19.5. The molecule has 2 unspecified atom stereocenters. The molecule has 0 saturated carbocycles. The summed E-state index contributed by atoms with van der Waals surface area (Å²) in [6.07, 6.45) is 3.21. The number of amides is 1. The molecule has 0 radical (unpaired) electrons. The Balaban J connectivity index is 1.81. The van der Waals surface area contributed by atoms with Gasteiger partial charge in [-0.05, 0) is 55.4 Å². The molecule has 5 nitrogen and oxygen atoms in total. The number of hydrogen-bond donors (Lipinski definition) is 1. The summed E-state index contributed by atoms with van der Waals surface area (Å²) >= 11 is 1.71. The van der Waals surface area contributed by atoms with Crippen LogP contribution in [-0.4, -0.2) is 27.2 Å². The van der Waals surface area contributed by atoms with Crippen molar-refractivity contribution in [1.29, 1.82) is 0 Å². The number of methoxy groups -OCH3 is 3. The first-order chi connectivity index (χ1) is 13.0. The lowest BCUT2D eigenvalue weighted by Crippen LogP contribution is -2.27. The van der Waals surface area contributed by atoms with E-state index >= 15 is 0 Å². The van der Waals surface area contributed by atoms with Crippen molar-refractivity contribution >= 4 is 17.2 Å². The second-order valence-corrected chi connectivity index (χ2v) is 8.02. The van der Waals surface area contributed by atoms with Gasteiger partial charge in [-0.25, -0.2) is 0 Å². The third-order valence-corrected chi connectivity index (χ3v) is 6.23. The maximum Gasteiger partial charge on any atom is 0.252 e. The van der Waals surface area contributed by atoms with Gasteiger partial charge in [-0.1, -0.05) is 6.92 Å². The highest BCUT2D eigenvalue weighted by Crippen LogP contribution is 2.40. The summed E-state index contributed by atoms with van der Waals surface area (Å²) in [6.45, 7) is 4.23. The van der Waals surface area contributed by atoms with Gasteiger partial charge in [0.1, 0.15) is 0 Å².